The molecule has 0 bridgehead atoms. The Morgan fingerprint density at radius 3 is 2.69 bits per heavy atom. The van der Waals surface area contributed by atoms with Crippen molar-refractivity contribution in [2.24, 2.45) is 0 Å². The van der Waals surface area contributed by atoms with Gasteiger partial charge in [-0.25, -0.2) is 0 Å². The van der Waals surface area contributed by atoms with Crippen LogP contribution >= 0.6 is 11.6 Å². The van der Waals surface area contributed by atoms with E-state index in [0.29, 0.717) is 22.8 Å². The number of ether oxygens (including phenoxy) is 1. The van der Waals surface area contributed by atoms with E-state index in [1.54, 1.807) is 12.1 Å². The lowest BCUT2D eigenvalue weighted by molar-refractivity contribution is -0.110. The number of hydrogen-bond acceptors (Lipinski definition) is 7. The molecule has 2 aromatic carbocycles. The predicted octanol–water partition coefficient (Wildman–Crippen LogP) is 3.95. The lowest BCUT2D eigenvalue weighted by Crippen LogP contribution is -2.20. The monoisotopic (exact) mass is 453 g/mol. The van der Waals surface area contributed by atoms with Gasteiger partial charge in [0.05, 0.1) is 35.6 Å². The molecular formula is C23H20ClN3O5. The number of aliphatic hydroxyl groups is 2. The van der Waals surface area contributed by atoms with Crippen molar-refractivity contribution in [2.75, 3.05) is 30.4 Å². The van der Waals surface area contributed by atoms with Crippen LogP contribution in [0.5, 0.6) is 5.88 Å². The van der Waals surface area contributed by atoms with Crippen LogP contribution < -0.4 is 15.0 Å². The first-order chi connectivity index (χ1) is 15.4. The second kappa shape index (κ2) is 7.89. The Bertz CT molecular complexity index is 1230. The molecule has 1 aromatic heterocycles. The van der Waals surface area contributed by atoms with Crippen LogP contribution in [0.4, 0.5) is 11.4 Å². The molecule has 3 N–H and O–H groups in total. The van der Waals surface area contributed by atoms with Gasteiger partial charge in [0.25, 0.3) is 11.8 Å². The molecule has 32 heavy (non-hydrogen) atoms. The number of aliphatic hydroxyl groups excluding tert-OH is 2. The maximum absolute atomic E-state index is 12.6. The zero-order valence-electron chi connectivity index (χ0n) is 17.1. The number of benzene rings is 2. The smallest absolute Gasteiger partial charge is 0.260 e. The summed E-state index contributed by atoms with van der Waals surface area (Å²) < 4.78 is 10.1. The highest BCUT2D eigenvalue weighted by molar-refractivity contribution is 6.38. The summed E-state index contributed by atoms with van der Waals surface area (Å²) in [6, 6.07) is 12.7. The van der Waals surface area contributed by atoms with E-state index in [1.165, 1.54) is 13.2 Å². The number of hydrogen-bond donors (Lipinski definition) is 3. The molecule has 2 aliphatic rings. The summed E-state index contributed by atoms with van der Waals surface area (Å²) in [6.07, 6.45) is 0.461. The van der Waals surface area contributed by atoms with Gasteiger partial charge < -0.3 is 29.7 Å². The SMILES string of the molecule is COc1cc(/C(O)=C2\C(=O)Nc3cc(Cl)c(-c4ccc(N5CC[C@@H](O)C5)cc4)cc32)on1. The first kappa shape index (κ1) is 20.4. The third-order valence-electron chi connectivity index (χ3n) is 5.73. The second-order valence-corrected chi connectivity index (χ2v) is 8.13. The first-order valence-electron chi connectivity index (χ1n) is 10.1. The van der Waals surface area contributed by atoms with E-state index in [2.05, 4.69) is 15.4 Å². The standard InChI is InChI=1S/C23H20ClN3O5/c1-31-20-10-19(32-26-20)22(29)21-16-8-15(17(24)9-18(16)25-23(21)30)12-2-4-13(5-3-12)27-7-6-14(28)11-27/h2-5,8-10,14,28-29H,6-7,11H2,1H3,(H,25,30)/b22-21+/t14-/m1/s1. The van der Waals surface area contributed by atoms with Crippen LogP contribution in [-0.2, 0) is 4.79 Å². The third kappa shape index (κ3) is 3.47. The van der Waals surface area contributed by atoms with Crippen molar-refractivity contribution in [1.29, 1.82) is 0 Å². The van der Waals surface area contributed by atoms with Gasteiger partial charge in [0.15, 0.2) is 5.76 Å². The molecule has 1 atom stereocenters. The number of aromatic nitrogens is 1. The molecule has 3 heterocycles. The Morgan fingerprint density at radius 2 is 2.03 bits per heavy atom. The van der Waals surface area contributed by atoms with Gasteiger partial charge in [-0.05, 0) is 41.4 Å². The summed E-state index contributed by atoms with van der Waals surface area (Å²) >= 11 is 6.52. The van der Waals surface area contributed by atoms with Gasteiger partial charge in [-0.2, -0.15) is 0 Å². The van der Waals surface area contributed by atoms with Crippen LogP contribution in [0.3, 0.4) is 0 Å². The number of anilines is 2. The van der Waals surface area contributed by atoms with E-state index in [1.807, 2.05) is 24.3 Å². The molecule has 0 saturated carbocycles. The topological polar surface area (TPSA) is 108 Å². The molecular weight excluding hydrogens is 434 g/mol. The molecule has 0 spiro atoms. The maximum Gasteiger partial charge on any atom is 0.260 e. The van der Waals surface area contributed by atoms with Crippen LogP contribution in [0, 0.1) is 0 Å². The Labute approximate surface area is 188 Å². The van der Waals surface area contributed by atoms with Crippen LogP contribution in [0.1, 0.15) is 17.7 Å². The molecule has 3 aromatic rings. The van der Waals surface area contributed by atoms with Crippen LogP contribution in [0.2, 0.25) is 5.02 Å². The minimum Gasteiger partial charge on any atom is -0.504 e. The largest absolute Gasteiger partial charge is 0.504 e. The van der Waals surface area contributed by atoms with E-state index in [9.17, 15) is 15.0 Å². The van der Waals surface area contributed by atoms with Crippen molar-refractivity contribution in [2.45, 2.75) is 12.5 Å². The van der Waals surface area contributed by atoms with Gasteiger partial charge in [0.1, 0.15) is 0 Å². The highest BCUT2D eigenvalue weighted by atomic mass is 35.5. The summed E-state index contributed by atoms with van der Waals surface area (Å²) in [6.45, 7) is 1.43. The molecule has 1 fully saturated rings. The van der Waals surface area contributed by atoms with Crippen molar-refractivity contribution in [3.63, 3.8) is 0 Å². The molecule has 9 heteroatoms. The van der Waals surface area contributed by atoms with Gasteiger partial charge in [-0.3, -0.25) is 4.79 Å². The van der Waals surface area contributed by atoms with Gasteiger partial charge in [0, 0.05) is 29.9 Å². The number of amides is 1. The maximum atomic E-state index is 12.6. The van der Waals surface area contributed by atoms with Crippen LogP contribution in [0.15, 0.2) is 47.0 Å². The Hall–Kier alpha value is -3.49. The fourth-order valence-corrected chi connectivity index (χ4v) is 4.34. The predicted molar refractivity (Wildman–Crippen MR) is 121 cm³/mol. The van der Waals surface area contributed by atoms with Crippen molar-refractivity contribution in [1.82, 2.24) is 5.16 Å². The number of nitrogens with zero attached hydrogens (tertiary/aromatic N) is 2. The Kier molecular flexibility index (Phi) is 5.03. The summed E-state index contributed by atoms with van der Waals surface area (Å²) in [5, 5.41) is 27.4. The third-order valence-corrected chi connectivity index (χ3v) is 6.04. The molecule has 0 unspecified atom stereocenters. The van der Waals surface area contributed by atoms with E-state index in [0.717, 1.165) is 29.8 Å². The average molecular weight is 454 g/mol. The number of rotatable bonds is 4. The summed E-state index contributed by atoms with van der Waals surface area (Å²) in [5.74, 6) is -0.598. The number of carbonyl (C=O) groups is 1. The highest BCUT2D eigenvalue weighted by Crippen LogP contribution is 2.42. The normalized spacial score (nSPS) is 19.2. The van der Waals surface area contributed by atoms with Crippen LogP contribution in [0.25, 0.3) is 22.5 Å². The molecule has 8 nitrogen and oxygen atoms in total. The van der Waals surface area contributed by atoms with Gasteiger partial charge in [0.2, 0.25) is 5.76 Å². The molecule has 2 aliphatic heterocycles. The van der Waals surface area contributed by atoms with Crippen molar-refractivity contribution in [3.8, 4) is 17.0 Å². The zero-order chi connectivity index (χ0) is 22.4. The second-order valence-electron chi connectivity index (χ2n) is 7.72. The first-order valence-corrected chi connectivity index (χ1v) is 10.5. The molecule has 1 amide bonds. The van der Waals surface area contributed by atoms with Gasteiger partial charge >= 0.3 is 0 Å². The summed E-state index contributed by atoms with van der Waals surface area (Å²) in [4.78, 5) is 14.7. The lowest BCUT2D eigenvalue weighted by atomic mass is 9.98. The number of fused-ring (bicyclic) bond motifs is 1. The average Bonchev–Trinajstić information content (AvgIpc) is 3.51. The summed E-state index contributed by atoms with van der Waals surface area (Å²) in [5.41, 5.74) is 3.68. The minimum absolute atomic E-state index is 0.0218. The molecule has 5 rings (SSSR count). The lowest BCUT2D eigenvalue weighted by Gasteiger charge is -2.18. The van der Waals surface area contributed by atoms with Crippen molar-refractivity contribution < 1.29 is 24.3 Å². The highest BCUT2D eigenvalue weighted by Gasteiger charge is 2.31. The number of β-amino-alcohol motifs (C(OH)–C–C–N with tert-alkyl or cyclic N) is 1. The molecule has 1 saturated heterocycles. The van der Waals surface area contributed by atoms with Gasteiger partial charge in [-0.15, -0.1) is 0 Å². The van der Waals surface area contributed by atoms with E-state index in [-0.39, 0.29) is 29.1 Å². The summed E-state index contributed by atoms with van der Waals surface area (Å²) in [7, 11) is 1.43. The van der Waals surface area contributed by atoms with E-state index < -0.39 is 5.91 Å². The van der Waals surface area contributed by atoms with E-state index in [4.69, 9.17) is 20.9 Å². The Balaban J connectivity index is 1.53. The van der Waals surface area contributed by atoms with Crippen LogP contribution in [-0.4, -0.2) is 47.6 Å². The minimum atomic E-state index is -0.468. The zero-order valence-corrected chi connectivity index (χ0v) is 17.9. The van der Waals surface area contributed by atoms with Crippen molar-refractivity contribution in [3.05, 3.63) is 58.8 Å². The number of methoxy groups -OCH3 is 1. The fraction of sp³-hybridized carbons (Fsp3) is 0.217. The molecule has 0 radical (unpaired) electrons. The van der Waals surface area contributed by atoms with Crippen molar-refractivity contribution >= 4 is 40.2 Å². The number of carbonyl (C=O) groups excluding carboxylic acids is 1. The number of halogens is 1. The quantitative estimate of drug-likeness (QED) is 0.405. The van der Waals surface area contributed by atoms with Gasteiger partial charge in [-0.1, -0.05) is 23.7 Å². The fourth-order valence-electron chi connectivity index (χ4n) is 4.07. The Morgan fingerprint density at radius 1 is 1.25 bits per heavy atom. The number of nitrogens with one attached hydrogen (secondary N) is 1. The molecule has 0 aliphatic carbocycles. The van der Waals surface area contributed by atoms with E-state index >= 15 is 0 Å². The molecule has 164 valence electrons.